The minimum atomic E-state index is -0.561. The molecule has 3 aliphatic heterocycles. The Morgan fingerprint density at radius 3 is 2.77 bits per heavy atom. The van der Waals surface area contributed by atoms with Crippen LogP contribution in [0.15, 0.2) is 41.8 Å². The van der Waals surface area contributed by atoms with Gasteiger partial charge in [0, 0.05) is 43.0 Å². The second kappa shape index (κ2) is 7.81. The Kier molecular flexibility index (Phi) is 5.00. The van der Waals surface area contributed by atoms with Gasteiger partial charge in [-0.3, -0.25) is 24.6 Å². The van der Waals surface area contributed by atoms with E-state index in [1.165, 1.54) is 16.0 Å². The molecule has 2 aromatic rings. The van der Waals surface area contributed by atoms with E-state index >= 15 is 0 Å². The summed E-state index contributed by atoms with van der Waals surface area (Å²) < 4.78 is 0. The van der Waals surface area contributed by atoms with Gasteiger partial charge in [0.15, 0.2) is 0 Å². The van der Waals surface area contributed by atoms with Gasteiger partial charge in [-0.15, -0.1) is 11.3 Å². The molecule has 0 radical (unpaired) electrons. The Hall–Kier alpha value is -2.77. The van der Waals surface area contributed by atoms with E-state index in [0.717, 1.165) is 31.6 Å². The molecule has 1 aromatic carbocycles. The van der Waals surface area contributed by atoms with Crippen LogP contribution in [0.5, 0.6) is 0 Å². The van der Waals surface area contributed by atoms with Crippen molar-refractivity contribution in [3.63, 3.8) is 0 Å². The fraction of sp³-hybridized carbons (Fsp3) is 0.348. The summed E-state index contributed by atoms with van der Waals surface area (Å²) in [5.41, 5.74) is 4.25. The number of carbonyl (C=O) groups excluding carboxylic acids is 3. The van der Waals surface area contributed by atoms with Gasteiger partial charge in [-0.1, -0.05) is 24.3 Å². The van der Waals surface area contributed by atoms with E-state index in [2.05, 4.69) is 39.9 Å². The SMILES string of the molecule is O=C1CCC(N2Cc3cc(CN4CC=C(c5cccs5)CC4)ccc3C2=O)C(=O)N1. The van der Waals surface area contributed by atoms with Gasteiger partial charge in [-0.05, 0) is 47.1 Å². The van der Waals surface area contributed by atoms with Crippen molar-refractivity contribution in [3.8, 4) is 0 Å². The number of imide groups is 1. The van der Waals surface area contributed by atoms with Crippen molar-refractivity contribution >= 4 is 34.6 Å². The zero-order valence-corrected chi connectivity index (χ0v) is 17.4. The lowest BCUT2D eigenvalue weighted by Gasteiger charge is -2.29. The molecule has 1 N–H and O–H groups in total. The van der Waals surface area contributed by atoms with Crippen molar-refractivity contribution in [1.29, 1.82) is 0 Å². The summed E-state index contributed by atoms with van der Waals surface area (Å²) in [6.45, 7) is 3.21. The maximum absolute atomic E-state index is 12.8. The van der Waals surface area contributed by atoms with Crippen molar-refractivity contribution in [2.45, 2.75) is 38.4 Å². The molecule has 1 saturated heterocycles. The maximum atomic E-state index is 12.8. The maximum Gasteiger partial charge on any atom is 0.255 e. The highest BCUT2D eigenvalue weighted by Crippen LogP contribution is 2.30. The molecule has 5 rings (SSSR count). The third kappa shape index (κ3) is 3.59. The molecular weight excluding hydrogens is 398 g/mol. The van der Waals surface area contributed by atoms with Crippen LogP contribution in [-0.4, -0.2) is 46.7 Å². The average Bonchev–Trinajstić information content (AvgIpc) is 3.37. The molecule has 1 unspecified atom stereocenters. The van der Waals surface area contributed by atoms with E-state index in [1.54, 1.807) is 16.2 Å². The molecule has 0 spiro atoms. The summed E-state index contributed by atoms with van der Waals surface area (Å²) in [5, 5.41) is 4.47. The fourth-order valence-corrected chi connectivity index (χ4v) is 5.32. The van der Waals surface area contributed by atoms with E-state index in [0.29, 0.717) is 18.5 Å². The van der Waals surface area contributed by atoms with Crippen LogP contribution in [0, 0.1) is 0 Å². The normalized spacial score (nSPS) is 22.1. The minimum Gasteiger partial charge on any atom is -0.322 e. The minimum absolute atomic E-state index is 0.118. The van der Waals surface area contributed by atoms with Gasteiger partial charge in [0.2, 0.25) is 11.8 Å². The van der Waals surface area contributed by atoms with Gasteiger partial charge >= 0.3 is 0 Å². The fourth-order valence-electron chi connectivity index (χ4n) is 4.52. The predicted octanol–water partition coefficient (Wildman–Crippen LogP) is 2.80. The Morgan fingerprint density at radius 2 is 2.03 bits per heavy atom. The number of amides is 3. The molecule has 1 atom stereocenters. The highest BCUT2D eigenvalue weighted by Gasteiger charge is 2.39. The average molecular weight is 422 g/mol. The topological polar surface area (TPSA) is 69.7 Å². The van der Waals surface area contributed by atoms with Crippen LogP contribution in [0.2, 0.25) is 0 Å². The highest BCUT2D eigenvalue weighted by molar-refractivity contribution is 7.11. The number of nitrogens with zero attached hydrogens (tertiary/aromatic N) is 2. The van der Waals surface area contributed by atoms with Crippen LogP contribution in [0.25, 0.3) is 5.57 Å². The molecular formula is C23H23N3O3S. The van der Waals surface area contributed by atoms with Gasteiger partial charge in [0.25, 0.3) is 5.91 Å². The summed E-state index contributed by atoms with van der Waals surface area (Å²) in [6, 6.07) is 9.71. The number of fused-ring (bicyclic) bond motifs is 1. The van der Waals surface area contributed by atoms with Crippen LogP contribution in [0.4, 0.5) is 0 Å². The van der Waals surface area contributed by atoms with Gasteiger partial charge in [0.05, 0.1) is 0 Å². The number of carbonyl (C=O) groups is 3. The largest absolute Gasteiger partial charge is 0.322 e. The number of thiophene rings is 1. The summed E-state index contributed by atoms with van der Waals surface area (Å²) in [7, 11) is 0. The van der Waals surface area contributed by atoms with Gasteiger partial charge in [-0.25, -0.2) is 0 Å². The summed E-state index contributed by atoms with van der Waals surface area (Å²) in [5.74, 6) is -0.748. The molecule has 0 aliphatic carbocycles. The molecule has 7 heteroatoms. The number of hydrogen-bond acceptors (Lipinski definition) is 5. The molecule has 3 amide bonds. The summed E-state index contributed by atoms with van der Waals surface area (Å²) in [6.07, 6.45) is 4.03. The van der Waals surface area contributed by atoms with Gasteiger partial charge in [0.1, 0.15) is 6.04 Å². The van der Waals surface area contributed by atoms with Gasteiger partial charge in [-0.2, -0.15) is 0 Å². The second-order valence-corrected chi connectivity index (χ2v) is 9.03. The number of rotatable bonds is 4. The van der Waals surface area contributed by atoms with Crippen LogP contribution in [0.3, 0.4) is 0 Å². The van der Waals surface area contributed by atoms with Crippen LogP contribution in [0.1, 0.15) is 45.6 Å². The zero-order valence-electron chi connectivity index (χ0n) is 16.6. The third-order valence-corrected chi connectivity index (χ3v) is 7.07. The van der Waals surface area contributed by atoms with Crippen LogP contribution in [-0.2, 0) is 22.7 Å². The van der Waals surface area contributed by atoms with Crippen molar-refractivity contribution in [3.05, 3.63) is 63.4 Å². The van der Waals surface area contributed by atoms with Crippen LogP contribution < -0.4 is 5.32 Å². The zero-order chi connectivity index (χ0) is 20.7. The van der Waals surface area contributed by atoms with Crippen molar-refractivity contribution in [2.75, 3.05) is 13.1 Å². The Bertz CT molecular complexity index is 1040. The number of benzene rings is 1. The van der Waals surface area contributed by atoms with Gasteiger partial charge < -0.3 is 4.90 Å². The molecule has 0 saturated carbocycles. The lowest BCUT2D eigenvalue weighted by Crippen LogP contribution is -2.52. The molecule has 0 bridgehead atoms. The number of piperidine rings is 1. The first kappa shape index (κ1) is 19.2. The Morgan fingerprint density at radius 1 is 1.13 bits per heavy atom. The van der Waals surface area contributed by atoms with E-state index in [1.807, 2.05) is 12.1 Å². The lowest BCUT2D eigenvalue weighted by atomic mass is 10.0. The molecule has 30 heavy (non-hydrogen) atoms. The quantitative estimate of drug-likeness (QED) is 0.771. The predicted molar refractivity (Wildman–Crippen MR) is 115 cm³/mol. The van der Waals surface area contributed by atoms with E-state index < -0.39 is 6.04 Å². The number of nitrogens with one attached hydrogen (secondary N) is 1. The van der Waals surface area contributed by atoms with E-state index in [-0.39, 0.29) is 24.1 Å². The smallest absolute Gasteiger partial charge is 0.255 e. The number of hydrogen-bond donors (Lipinski definition) is 1. The molecule has 4 heterocycles. The van der Waals surface area contributed by atoms with E-state index in [4.69, 9.17) is 0 Å². The second-order valence-electron chi connectivity index (χ2n) is 8.08. The molecule has 3 aliphatic rings. The molecule has 1 fully saturated rings. The van der Waals surface area contributed by atoms with Crippen molar-refractivity contribution < 1.29 is 14.4 Å². The summed E-state index contributed by atoms with van der Waals surface area (Å²) in [4.78, 5) is 41.8. The highest BCUT2D eigenvalue weighted by atomic mass is 32.1. The van der Waals surface area contributed by atoms with Crippen molar-refractivity contribution in [1.82, 2.24) is 15.1 Å². The first-order chi connectivity index (χ1) is 14.6. The summed E-state index contributed by atoms with van der Waals surface area (Å²) >= 11 is 1.79. The standard InChI is InChI=1S/C23H23N3O3S/c27-21-6-5-19(22(28)24-21)26-14-17-12-15(3-4-18(17)23(26)29)13-25-9-7-16(8-10-25)20-2-1-11-30-20/h1-4,7,11-12,19H,5-6,8-10,13-14H2,(H,24,27,28). The third-order valence-electron chi connectivity index (χ3n) is 6.13. The lowest BCUT2D eigenvalue weighted by molar-refractivity contribution is -0.136. The first-order valence-electron chi connectivity index (χ1n) is 10.3. The van der Waals surface area contributed by atoms with E-state index in [9.17, 15) is 14.4 Å². The Labute approximate surface area is 179 Å². The first-order valence-corrected chi connectivity index (χ1v) is 11.2. The Balaban J connectivity index is 1.26. The van der Waals surface area contributed by atoms with Crippen molar-refractivity contribution in [2.24, 2.45) is 0 Å². The monoisotopic (exact) mass is 421 g/mol. The molecule has 154 valence electrons. The molecule has 1 aromatic heterocycles. The van der Waals surface area contributed by atoms with Crippen LogP contribution >= 0.6 is 11.3 Å². The molecule has 6 nitrogen and oxygen atoms in total.